The molecule has 2 amide bonds. The number of ether oxygens (including phenoxy) is 1. The number of amides is 2. The van der Waals surface area contributed by atoms with Crippen molar-refractivity contribution >= 4 is 6.03 Å². The van der Waals surface area contributed by atoms with Crippen LogP contribution in [0.2, 0.25) is 0 Å². The van der Waals surface area contributed by atoms with Crippen molar-refractivity contribution in [3.63, 3.8) is 0 Å². The van der Waals surface area contributed by atoms with Gasteiger partial charge in [0.2, 0.25) is 0 Å². The standard InChI is InChI=1S/C17H21N3O2/c1-22-16-6-4-14(5-7-16)3-2-10-19-17(21)20-13-15-8-11-18-12-9-15/h4-9,11-12H,2-3,10,13H2,1H3,(H2,19,20,21). The summed E-state index contributed by atoms with van der Waals surface area (Å²) >= 11 is 0. The number of rotatable bonds is 7. The van der Waals surface area contributed by atoms with Gasteiger partial charge >= 0.3 is 6.03 Å². The Kier molecular flexibility index (Phi) is 6.23. The number of methoxy groups -OCH3 is 1. The van der Waals surface area contributed by atoms with Gasteiger partial charge in [0, 0.05) is 25.5 Å². The number of carbonyl (C=O) groups excluding carboxylic acids is 1. The SMILES string of the molecule is COc1ccc(CCCNC(=O)NCc2ccncc2)cc1. The summed E-state index contributed by atoms with van der Waals surface area (Å²) in [5.41, 5.74) is 2.27. The molecular weight excluding hydrogens is 278 g/mol. The van der Waals surface area contributed by atoms with Crippen molar-refractivity contribution in [2.75, 3.05) is 13.7 Å². The van der Waals surface area contributed by atoms with Gasteiger partial charge in [0.1, 0.15) is 5.75 Å². The van der Waals surface area contributed by atoms with Crippen LogP contribution in [-0.4, -0.2) is 24.7 Å². The summed E-state index contributed by atoms with van der Waals surface area (Å²) in [6.45, 7) is 1.15. The number of aryl methyl sites for hydroxylation is 1. The highest BCUT2D eigenvalue weighted by Gasteiger charge is 2.00. The Labute approximate surface area is 130 Å². The molecule has 116 valence electrons. The second-order valence-corrected chi connectivity index (χ2v) is 4.92. The van der Waals surface area contributed by atoms with Crippen LogP contribution in [0.3, 0.4) is 0 Å². The Morgan fingerprint density at radius 1 is 1.05 bits per heavy atom. The minimum atomic E-state index is -0.147. The molecule has 5 heteroatoms. The van der Waals surface area contributed by atoms with Crippen molar-refractivity contribution in [2.24, 2.45) is 0 Å². The quantitative estimate of drug-likeness (QED) is 0.772. The molecule has 1 heterocycles. The molecule has 0 fully saturated rings. The Hall–Kier alpha value is -2.56. The normalized spacial score (nSPS) is 10.0. The largest absolute Gasteiger partial charge is 0.497 e. The predicted molar refractivity (Wildman–Crippen MR) is 85.8 cm³/mol. The lowest BCUT2D eigenvalue weighted by molar-refractivity contribution is 0.240. The number of nitrogens with zero attached hydrogens (tertiary/aromatic N) is 1. The number of urea groups is 1. The molecule has 0 atom stereocenters. The summed E-state index contributed by atoms with van der Waals surface area (Å²) in [5.74, 6) is 0.859. The first-order valence-corrected chi connectivity index (χ1v) is 7.31. The zero-order chi connectivity index (χ0) is 15.6. The van der Waals surface area contributed by atoms with Crippen molar-refractivity contribution in [2.45, 2.75) is 19.4 Å². The minimum Gasteiger partial charge on any atom is -0.497 e. The highest BCUT2D eigenvalue weighted by molar-refractivity contribution is 5.73. The molecule has 1 aromatic heterocycles. The average molecular weight is 299 g/mol. The minimum absolute atomic E-state index is 0.147. The lowest BCUT2D eigenvalue weighted by atomic mass is 10.1. The molecule has 0 aliphatic carbocycles. The molecule has 22 heavy (non-hydrogen) atoms. The summed E-state index contributed by atoms with van der Waals surface area (Å²) in [4.78, 5) is 15.6. The molecule has 0 spiro atoms. The third-order valence-corrected chi connectivity index (χ3v) is 3.29. The highest BCUT2D eigenvalue weighted by atomic mass is 16.5. The van der Waals surface area contributed by atoms with Gasteiger partial charge in [0.15, 0.2) is 0 Å². The molecule has 0 saturated heterocycles. The lowest BCUT2D eigenvalue weighted by Gasteiger charge is -2.08. The Balaban J connectivity index is 1.60. The van der Waals surface area contributed by atoms with E-state index in [2.05, 4.69) is 15.6 Å². The number of benzene rings is 1. The van der Waals surface area contributed by atoms with Gasteiger partial charge in [-0.05, 0) is 48.2 Å². The van der Waals surface area contributed by atoms with Crippen LogP contribution >= 0.6 is 0 Å². The topological polar surface area (TPSA) is 63.2 Å². The molecule has 0 aliphatic heterocycles. The smallest absolute Gasteiger partial charge is 0.315 e. The first-order valence-electron chi connectivity index (χ1n) is 7.31. The van der Waals surface area contributed by atoms with Crippen LogP contribution in [0.15, 0.2) is 48.8 Å². The molecule has 2 rings (SSSR count). The van der Waals surface area contributed by atoms with E-state index >= 15 is 0 Å². The van der Waals surface area contributed by atoms with E-state index in [9.17, 15) is 4.79 Å². The molecule has 2 N–H and O–H groups in total. The molecule has 0 unspecified atom stereocenters. The van der Waals surface area contributed by atoms with E-state index in [1.807, 2.05) is 36.4 Å². The van der Waals surface area contributed by atoms with Gasteiger partial charge in [-0.15, -0.1) is 0 Å². The van der Waals surface area contributed by atoms with Gasteiger partial charge < -0.3 is 15.4 Å². The zero-order valence-electron chi connectivity index (χ0n) is 12.7. The van der Waals surface area contributed by atoms with Crippen LogP contribution < -0.4 is 15.4 Å². The number of pyridine rings is 1. The van der Waals surface area contributed by atoms with Gasteiger partial charge in [0.25, 0.3) is 0 Å². The summed E-state index contributed by atoms with van der Waals surface area (Å²) in [5, 5.41) is 5.67. The predicted octanol–water partition coefficient (Wildman–Crippen LogP) is 2.52. The molecule has 1 aromatic carbocycles. The Bertz CT molecular complexity index is 570. The molecule has 0 aliphatic rings. The van der Waals surface area contributed by atoms with Gasteiger partial charge in [0.05, 0.1) is 7.11 Å². The van der Waals surface area contributed by atoms with Crippen molar-refractivity contribution < 1.29 is 9.53 Å². The molecule has 0 radical (unpaired) electrons. The Morgan fingerprint density at radius 3 is 2.45 bits per heavy atom. The monoisotopic (exact) mass is 299 g/mol. The maximum atomic E-state index is 11.7. The maximum absolute atomic E-state index is 11.7. The van der Waals surface area contributed by atoms with Crippen LogP contribution in [0, 0.1) is 0 Å². The molecule has 0 bridgehead atoms. The first-order chi connectivity index (χ1) is 10.8. The maximum Gasteiger partial charge on any atom is 0.315 e. The summed E-state index contributed by atoms with van der Waals surface area (Å²) in [6, 6.07) is 11.6. The van der Waals surface area contributed by atoms with Crippen molar-refractivity contribution in [3.8, 4) is 5.75 Å². The zero-order valence-corrected chi connectivity index (χ0v) is 12.7. The first kappa shape index (κ1) is 15.8. The van der Waals surface area contributed by atoms with E-state index in [0.29, 0.717) is 13.1 Å². The van der Waals surface area contributed by atoms with Gasteiger partial charge in [-0.1, -0.05) is 12.1 Å². The molecule has 0 saturated carbocycles. The average Bonchev–Trinajstić information content (AvgIpc) is 2.58. The van der Waals surface area contributed by atoms with E-state index < -0.39 is 0 Å². The molecular formula is C17H21N3O2. The lowest BCUT2D eigenvalue weighted by Crippen LogP contribution is -2.35. The fourth-order valence-electron chi connectivity index (χ4n) is 2.03. The van der Waals surface area contributed by atoms with Crippen molar-refractivity contribution in [1.29, 1.82) is 0 Å². The van der Waals surface area contributed by atoms with Gasteiger partial charge in [-0.2, -0.15) is 0 Å². The fraction of sp³-hybridized carbons (Fsp3) is 0.294. The number of hydrogen-bond acceptors (Lipinski definition) is 3. The third-order valence-electron chi connectivity index (χ3n) is 3.29. The molecule has 5 nitrogen and oxygen atoms in total. The van der Waals surface area contributed by atoms with Crippen LogP contribution in [0.5, 0.6) is 5.75 Å². The van der Waals surface area contributed by atoms with E-state index in [0.717, 1.165) is 24.2 Å². The number of carbonyl (C=O) groups is 1. The fourth-order valence-corrected chi connectivity index (χ4v) is 2.03. The number of hydrogen-bond donors (Lipinski definition) is 2. The summed E-state index contributed by atoms with van der Waals surface area (Å²) in [6.07, 6.45) is 5.25. The van der Waals surface area contributed by atoms with Crippen LogP contribution in [0.1, 0.15) is 17.5 Å². The number of nitrogens with one attached hydrogen (secondary N) is 2. The van der Waals surface area contributed by atoms with Crippen molar-refractivity contribution in [1.82, 2.24) is 15.6 Å². The Morgan fingerprint density at radius 2 is 1.77 bits per heavy atom. The van der Waals surface area contributed by atoms with Crippen LogP contribution in [-0.2, 0) is 13.0 Å². The van der Waals surface area contributed by atoms with Crippen LogP contribution in [0.4, 0.5) is 4.79 Å². The van der Waals surface area contributed by atoms with Crippen molar-refractivity contribution in [3.05, 3.63) is 59.9 Å². The molecule has 2 aromatic rings. The van der Waals surface area contributed by atoms with Crippen LogP contribution in [0.25, 0.3) is 0 Å². The van der Waals surface area contributed by atoms with Gasteiger partial charge in [-0.3, -0.25) is 4.98 Å². The third kappa shape index (κ3) is 5.44. The van der Waals surface area contributed by atoms with E-state index in [-0.39, 0.29) is 6.03 Å². The second-order valence-electron chi connectivity index (χ2n) is 4.92. The van der Waals surface area contributed by atoms with E-state index in [4.69, 9.17) is 4.74 Å². The summed E-state index contributed by atoms with van der Waals surface area (Å²) in [7, 11) is 1.66. The second kappa shape index (κ2) is 8.67. The highest BCUT2D eigenvalue weighted by Crippen LogP contribution is 2.12. The number of aromatic nitrogens is 1. The van der Waals surface area contributed by atoms with Gasteiger partial charge in [-0.25, -0.2) is 4.79 Å². The van der Waals surface area contributed by atoms with E-state index in [1.165, 1.54) is 5.56 Å². The van der Waals surface area contributed by atoms with E-state index in [1.54, 1.807) is 19.5 Å². The summed E-state index contributed by atoms with van der Waals surface area (Å²) < 4.78 is 5.12.